The van der Waals surface area contributed by atoms with Gasteiger partial charge < -0.3 is 10.5 Å². The highest BCUT2D eigenvalue weighted by molar-refractivity contribution is 9.10. The molecule has 1 heterocycles. The molecule has 1 saturated heterocycles. The largest absolute Gasteiger partial charge is 0.381 e. The summed E-state index contributed by atoms with van der Waals surface area (Å²) in [6, 6.07) is 8.45. The average molecular weight is 342 g/mol. The van der Waals surface area contributed by atoms with Gasteiger partial charge in [-0.1, -0.05) is 12.1 Å². The van der Waals surface area contributed by atoms with Crippen LogP contribution in [0.5, 0.6) is 0 Å². The Morgan fingerprint density at radius 1 is 1.21 bits per heavy atom. The zero-order chi connectivity index (χ0) is 13.3. The zero-order valence-corrected chi connectivity index (χ0v) is 13.4. The van der Waals surface area contributed by atoms with Gasteiger partial charge in [-0.3, -0.25) is 0 Å². The first kappa shape index (κ1) is 13.9. The predicted molar refractivity (Wildman–Crippen MR) is 83.5 cm³/mol. The van der Waals surface area contributed by atoms with Crippen molar-refractivity contribution in [1.82, 2.24) is 0 Å². The van der Waals surface area contributed by atoms with E-state index < -0.39 is 0 Å². The Morgan fingerprint density at radius 3 is 2.53 bits per heavy atom. The van der Waals surface area contributed by atoms with Crippen LogP contribution in [0.3, 0.4) is 0 Å². The summed E-state index contributed by atoms with van der Waals surface area (Å²) >= 11 is 5.60. The van der Waals surface area contributed by atoms with Crippen molar-refractivity contribution in [3.05, 3.63) is 28.7 Å². The number of ether oxygens (including phenoxy) is 1. The van der Waals surface area contributed by atoms with Crippen molar-refractivity contribution in [2.45, 2.75) is 35.3 Å². The Morgan fingerprint density at radius 2 is 1.89 bits per heavy atom. The molecule has 2 aliphatic rings. The van der Waals surface area contributed by atoms with Crippen LogP contribution in [0.25, 0.3) is 0 Å². The molecule has 2 N–H and O–H groups in total. The van der Waals surface area contributed by atoms with Crippen molar-refractivity contribution in [2.75, 3.05) is 19.8 Å². The van der Waals surface area contributed by atoms with Crippen LogP contribution in [0.4, 0.5) is 0 Å². The quantitative estimate of drug-likeness (QED) is 0.907. The van der Waals surface area contributed by atoms with E-state index in [4.69, 9.17) is 10.5 Å². The molecule has 3 rings (SSSR count). The smallest absolute Gasteiger partial charge is 0.0471 e. The first-order valence-electron chi connectivity index (χ1n) is 6.89. The van der Waals surface area contributed by atoms with Crippen molar-refractivity contribution >= 4 is 27.7 Å². The Balaban J connectivity index is 1.71. The molecule has 1 aliphatic carbocycles. The van der Waals surface area contributed by atoms with Crippen molar-refractivity contribution in [2.24, 2.45) is 11.1 Å². The van der Waals surface area contributed by atoms with Crippen LogP contribution in [0, 0.1) is 5.41 Å². The van der Waals surface area contributed by atoms with E-state index >= 15 is 0 Å². The van der Waals surface area contributed by atoms with Crippen LogP contribution < -0.4 is 5.73 Å². The van der Waals surface area contributed by atoms with Crippen molar-refractivity contribution in [3.8, 4) is 0 Å². The van der Waals surface area contributed by atoms with Gasteiger partial charge in [0.05, 0.1) is 0 Å². The molecule has 104 valence electrons. The van der Waals surface area contributed by atoms with Crippen LogP contribution in [-0.2, 0) is 4.74 Å². The molecule has 2 nitrogen and oxygen atoms in total. The summed E-state index contributed by atoms with van der Waals surface area (Å²) in [5.74, 6) is 0. The maximum atomic E-state index is 6.09. The van der Waals surface area contributed by atoms with E-state index in [0.717, 1.165) is 19.8 Å². The topological polar surface area (TPSA) is 35.2 Å². The summed E-state index contributed by atoms with van der Waals surface area (Å²) in [6.45, 7) is 2.63. The van der Waals surface area contributed by atoms with E-state index in [1.165, 1.54) is 35.1 Å². The molecule has 1 aromatic carbocycles. The molecule has 0 amide bonds. The first-order chi connectivity index (χ1) is 9.17. The second kappa shape index (κ2) is 5.40. The lowest BCUT2D eigenvalue weighted by Crippen LogP contribution is -2.55. The van der Waals surface area contributed by atoms with Crippen LogP contribution in [0.2, 0.25) is 0 Å². The molecule has 0 radical (unpaired) electrons. The molecule has 1 aromatic rings. The number of benzene rings is 1. The van der Waals surface area contributed by atoms with Gasteiger partial charge in [0.2, 0.25) is 0 Å². The van der Waals surface area contributed by atoms with Gasteiger partial charge in [-0.25, -0.2) is 0 Å². The van der Waals surface area contributed by atoms with Gasteiger partial charge in [0.1, 0.15) is 0 Å². The van der Waals surface area contributed by atoms with Gasteiger partial charge in [0, 0.05) is 33.9 Å². The van der Waals surface area contributed by atoms with Gasteiger partial charge >= 0.3 is 0 Å². The standard InChI is InChI=1S/C15H20BrNOS/c16-12-3-1-2-4-13(12)19-15(11-17)9-14(10-15)5-7-18-8-6-14/h1-4H,5-11,17H2. The Kier molecular flexibility index (Phi) is 3.96. The van der Waals surface area contributed by atoms with E-state index in [0.29, 0.717) is 5.41 Å². The summed E-state index contributed by atoms with van der Waals surface area (Å²) in [5.41, 5.74) is 6.61. The molecular weight excluding hydrogens is 322 g/mol. The number of hydrogen-bond acceptors (Lipinski definition) is 3. The van der Waals surface area contributed by atoms with Crippen molar-refractivity contribution in [3.63, 3.8) is 0 Å². The van der Waals surface area contributed by atoms with Crippen LogP contribution in [-0.4, -0.2) is 24.5 Å². The van der Waals surface area contributed by atoms with E-state index in [1.807, 2.05) is 11.8 Å². The van der Waals surface area contributed by atoms with Gasteiger partial charge in [-0.2, -0.15) is 0 Å². The summed E-state index contributed by atoms with van der Waals surface area (Å²) in [5, 5.41) is 0. The maximum absolute atomic E-state index is 6.09. The highest BCUT2D eigenvalue weighted by Gasteiger charge is 2.54. The predicted octanol–water partition coefficient (Wildman–Crippen LogP) is 3.83. The van der Waals surface area contributed by atoms with Gasteiger partial charge in [0.15, 0.2) is 0 Å². The number of rotatable bonds is 3. The van der Waals surface area contributed by atoms with E-state index in [1.54, 1.807) is 0 Å². The van der Waals surface area contributed by atoms with Crippen LogP contribution in [0.1, 0.15) is 25.7 Å². The molecule has 1 aliphatic heterocycles. The SMILES string of the molecule is NCC1(Sc2ccccc2Br)CC2(CCOCC2)C1. The first-order valence-corrected chi connectivity index (χ1v) is 8.49. The van der Waals surface area contributed by atoms with E-state index in [-0.39, 0.29) is 4.75 Å². The lowest BCUT2D eigenvalue weighted by Gasteiger charge is -2.57. The minimum absolute atomic E-state index is 0.237. The Labute approximate surface area is 127 Å². The maximum Gasteiger partial charge on any atom is 0.0471 e. The van der Waals surface area contributed by atoms with Crippen molar-refractivity contribution < 1.29 is 4.74 Å². The van der Waals surface area contributed by atoms with Gasteiger partial charge in [-0.05, 0) is 59.2 Å². The summed E-state index contributed by atoms with van der Waals surface area (Å²) in [4.78, 5) is 1.31. The zero-order valence-electron chi connectivity index (χ0n) is 11.0. The summed E-state index contributed by atoms with van der Waals surface area (Å²) in [6.07, 6.45) is 4.91. The number of halogens is 1. The highest BCUT2D eigenvalue weighted by atomic mass is 79.9. The number of hydrogen-bond donors (Lipinski definition) is 1. The Hall–Kier alpha value is -0.0300. The van der Waals surface area contributed by atoms with Crippen LogP contribution >= 0.6 is 27.7 Å². The molecule has 4 heteroatoms. The number of nitrogens with two attached hydrogens (primary N) is 1. The normalized spacial score (nSPS) is 24.1. The highest BCUT2D eigenvalue weighted by Crippen LogP contribution is 2.61. The summed E-state index contributed by atoms with van der Waals surface area (Å²) < 4.78 is 6.91. The third-order valence-electron chi connectivity index (χ3n) is 4.48. The lowest BCUT2D eigenvalue weighted by molar-refractivity contribution is -0.0451. The fourth-order valence-electron chi connectivity index (χ4n) is 3.49. The fraction of sp³-hybridized carbons (Fsp3) is 0.600. The molecular formula is C15H20BrNOS. The summed E-state index contributed by atoms with van der Waals surface area (Å²) in [7, 11) is 0. The van der Waals surface area contributed by atoms with E-state index in [9.17, 15) is 0 Å². The Bertz CT molecular complexity index is 451. The molecule has 0 aromatic heterocycles. The van der Waals surface area contributed by atoms with Crippen LogP contribution in [0.15, 0.2) is 33.6 Å². The van der Waals surface area contributed by atoms with Gasteiger partial charge in [-0.15, -0.1) is 11.8 Å². The van der Waals surface area contributed by atoms with Crippen molar-refractivity contribution in [1.29, 1.82) is 0 Å². The van der Waals surface area contributed by atoms with E-state index in [2.05, 4.69) is 40.2 Å². The molecule has 0 atom stereocenters. The monoisotopic (exact) mass is 341 g/mol. The number of thioether (sulfide) groups is 1. The molecule has 2 fully saturated rings. The molecule has 0 unspecified atom stereocenters. The molecule has 1 spiro atoms. The molecule has 1 saturated carbocycles. The average Bonchev–Trinajstić information content (AvgIpc) is 2.40. The minimum atomic E-state index is 0.237. The third kappa shape index (κ3) is 2.73. The lowest BCUT2D eigenvalue weighted by atomic mass is 9.57. The molecule has 0 bridgehead atoms. The second-order valence-electron chi connectivity index (χ2n) is 5.89. The third-order valence-corrected chi connectivity index (χ3v) is 6.90. The molecule has 19 heavy (non-hydrogen) atoms. The minimum Gasteiger partial charge on any atom is -0.381 e. The van der Waals surface area contributed by atoms with Gasteiger partial charge in [0.25, 0.3) is 0 Å². The second-order valence-corrected chi connectivity index (χ2v) is 8.25. The fourth-order valence-corrected chi connectivity index (χ4v) is 5.64.